The third kappa shape index (κ3) is 4.83. The molecule has 1 atom stereocenters. The second-order valence-corrected chi connectivity index (χ2v) is 6.02. The van der Waals surface area contributed by atoms with Crippen LogP contribution in [0.1, 0.15) is 48.1 Å². The van der Waals surface area contributed by atoms with Crippen LogP contribution in [0.25, 0.3) is 0 Å². The summed E-state index contributed by atoms with van der Waals surface area (Å²) in [6.45, 7) is 5.22. The number of carbonyl (C=O) groups excluding carboxylic acids is 2. The molecule has 6 nitrogen and oxygen atoms in total. The van der Waals surface area contributed by atoms with Crippen LogP contribution >= 0.6 is 11.6 Å². The van der Waals surface area contributed by atoms with Crippen LogP contribution in [0.5, 0.6) is 0 Å². The molecular formula is C17H19ClN2O4. The zero-order chi connectivity index (χ0) is 17.7. The van der Waals surface area contributed by atoms with Crippen molar-refractivity contribution in [2.24, 2.45) is 0 Å². The number of esters is 1. The fourth-order valence-corrected chi connectivity index (χ4v) is 2.45. The lowest BCUT2D eigenvalue weighted by Crippen LogP contribution is -2.31. The molecule has 0 aliphatic carbocycles. The topological polar surface area (TPSA) is 81.4 Å². The standard InChI is InChI=1S/C17H19ClN2O4/c1-10(2)23-16(21)9-14(12-6-4-5-7-13(12)18)19-17(22)15-8-11(3)24-20-15/h4-8,10,14H,9H2,1-3H3,(H,19,22)/t14-/m1/s1. The third-order valence-electron chi connectivity index (χ3n) is 3.18. The van der Waals surface area contributed by atoms with Crippen molar-refractivity contribution < 1.29 is 18.8 Å². The second kappa shape index (κ2) is 7.97. The Morgan fingerprint density at radius 1 is 1.33 bits per heavy atom. The van der Waals surface area contributed by atoms with Crippen LogP contribution in [-0.4, -0.2) is 23.1 Å². The summed E-state index contributed by atoms with van der Waals surface area (Å²) >= 11 is 6.20. The van der Waals surface area contributed by atoms with Gasteiger partial charge in [-0.3, -0.25) is 9.59 Å². The van der Waals surface area contributed by atoms with Crippen LogP contribution in [0.4, 0.5) is 0 Å². The largest absolute Gasteiger partial charge is 0.463 e. The van der Waals surface area contributed by atoms with E-state index in [0.29, 0.717) is 16.3 Å². The number of nitrogens with zero attached hydrogens (tertiary/aromatic N) is 1. The number of aryl methyl sites for hydroxylation is 1. The monoisotopic (exact) mass is 350 g/mol. The van der Waals surface area contributed by atoms with Crippen molar-refractivity contribution in [3.8, 4) is 0 Å². The summed E-state index contributed by atoms with van der Waals surface area (Å²) in [5, 5.41) is 6.89. The lowest BCUT2D eigenvalue weighted by Gasteiger charge is -2.19. The number of nitrogens with one attached hydrogen (secondary N) is 1. The Morgan fingerprint density at radius 3 is 2.62 bits per heavy atom. The van der Waals surface area contributed by atoms with Gasteiger partial charge in [0.05, 0.1) is 18.6 Å². The van der Waals surface area contributed by atoms with Crippen molar-refractivity contribution in [3.63, 3.8) is 0 Å². The average Bonchev–Trinajstić information content (AvgIpc) is 2.93. The fraction of sp³-hybridized carbons (Fsp3) is 0.353. The molecule has 2 rings (SSSR count). The predicted molar refractivity (Wildman–Crippen MR) is 88.7 cm³/mol. The minimum atomic E-state index is -0.630. The lowest BCUT2D eigenvalue weighted by atomic mass is 10.0. The maximum Gasteiger partial charge on any atom is 0.308 e. The molecule has 128 valence electrons. The number of ether oxygens (including phenoxy) is 1. The molecule has 1 N–H and O–H groups in total. The Kier molecular flexibility index (Phi) is 5.98. The van der Waals surface area contributed by atoms with Gasteiger partial charge in [-0.15, -0.1) is 0 Å². The summed E-state index contributed by atoms with van der Waals surface area (Å²) in [4.78, 5) is 24.3. The highest BCUT2D eigenvalue weighted by molar-refractivity contribution is 6.31. The van der Waals surface area contributed by atoms with E-state index in [2.05, 4.69) is 10.5 Å². The lowest BCUT2D eigenvalue weighted by molar-refractivity contribution is -0.147. The summed E-state index contributed by atoms with van der Waals surface area (Å²) in [6.07, 6.45) is -0.275. The summed E-state index contributed by atoms with van der Waals surface area (Å²) in [6, 6.07) is 7.90. The zero-order valence-corrected chi connectivity index (χ0v) is 14.5. The number of hydrogen-bond acceptors (Lipinski definition) is 5. The molecule has 0 spiro atoms. The summed E-state index contributed by atoms with van der Waals surface area (Å²) in [5.41, 5.74) is 0.773. The number of hydrogen-bond donors (Lipinski definition) is 1. The third-order valence-corrected chi connectivity index (χ3v) is 3.53. The van der Waals surface area contributed by atoms with Crippen LogP contribution < -0.4 is 5.32 Å². The Labute approximate surface area is 145 Å². The summed E-state index contributed by atoms with van der Waals surface area (Å²) in [7, 11) is 0. The van der Waals surface area contributed by atoms with Gasteiger partial charge in [0.15, 0.2) is 5.69 Å². The van der Waals surface area contributed by atoms with Gasteiger partial charge in [-0.25, -0.2) is 0 Å². The highest BCUT2D eigenvalue weighted by Gasteiger charge is 2.23. The van der Waals surface area contributed by atoms with Gasteiger partial charge in [0.1, 0.15) is 5.76 Å². The molecule has 2 aromatic rings. The van der Waals surface area contributed by atoms with E-state index in [-0.39, 0.29) is 18.2 Å². The molecule has 7 heteroatoms. The molecule has 0 bridgehead atoms. The van der Waals surface area contributed by atoms with E-state index in [0.717, 1.165) is 0 Å². The number of amides is 1. The van der Waals surface area contributed by atoms with E-state index in [9.17, 15) is 9.59 Å². The molecule has 0 aliphatic rings. The highest BCUT2D eigenvalue weighted by Crippen LogP contribution is 2.26. The number of carbonyl (C=O) groups is 2. The van der Waals surface area contributed by atoms with Crippen LogP contribution in [-0.2, 0) is 9.53 Å². The Morgan fingerprint density at radius 2 is 2.04 bits per heavy atom. The quantitative estimate of drug-likeness (QED) is 0.807. The van der Waals surface area contributed by atoms with Crippen molar-refractivity contribution in [1.82, 2.24) is 10.5 Å². The first-order chi connectivity index (χ1) is 11.4. The molecule has 0 saturated heterocycles. The van der Waals surface area contributed by atoms with Gasteiger partial charge in [-0.05, 0) is 32.4 Å². The molecule has 1 aromatic carbocycles. The Hall–Kier alpha value is -2.34. The van der Waals surface area contributed by atoms with Gasteiger partial charge in [0.2, 0.25) is 0 Å². The first-order valence-electron chi connectivity index (χ1n) is 7.55. The van der Waals surface area contributed by atoms with Crippen molar-refractivity contribution in [3.05, 3.63) is 52.4 Å². The summed E-state index contributed by atoms with van der Waals surface area (Å²) in [5.74, 6) is -0.352. The molecule has 0 saturated carbocycles. The van der Waals surface area contributed by atoms with E-state index in [1.54, 1.807) is 45.0 Å². The van der Waals surface area contributed by atoms with Gasteiger partial charge in [-0.1, -0.05) is 35.0 Å². The van der Waals surface area contributed by atoms with Crippen LogP contribution in [0, 0.1) is 6.92 Å². The van der Waals surface area contributed by atoms with E-state index in [4.69, 9.17) is 20.9 Å². The first-order valence-corrected chi connectivity index (χ1v) is 7.92. The molecule has 0 aliphatic heterocycles. The van der Waals surface area contributed by atoms with Crippen molar-refractivity contribution in [2.45, 2.75) is 39.3 Å². The molecule has 1 heterocycles. The minimum Gasteiger partial charge on any atom is -0.463 e. The molecule has 0 radical (unpaired) electrons. The van der Waals surface area contributed by atoms with Gasteiger partial charge in [0.25, 0.3) is 5.91 Å². The molecular weight excluding hydrogens is 332 g/mol. The SMILES string of the molecule is Cc1cc(C(=O)N[C@H](CC(=O)OC(C)C)c2ccccc2Cl)no1. The number of benzene rings is 1. The van der Waals surface area contributed by atoms with Crippen LogP contribution in [0.15, 0.2) is 34.9 Å². The second-order valence-electron chi connectivity index (χ2n) is 5.61. The Bertz CT molecular complexity index is 727. The molecule has 24 heavy (non-hydrogen) atoms. The van der Waals surface area contributed by atoms with Crippen molar-refractivity contribution in [2.75, 3.05) is 0 Å². The molecule has 1 amide bonds. The summed E-state index contributed by atoms with van der Waals surface area (Å²) < 4.78 is 10.1. The van der Waals surface area contributed by atoms with Gasteiger partial charge >= 0.3 is 5.97 Å². The van der Waals surface area contributed by atoms with Crippen LogP contribution in [0.2, 0.25) is 5.02 Å². The first kappa shape index (κ1) is 18.0. The number of rotatable bonds is 6. The molecule has 0 fully saturated rings. The molecule has 1 aromatic heterocycles. The maximum absolute atomic E-state index is 12.3. The van der Waals surface area contributed by atoms with Crippen LogP contribution in [0.3, 0.4) is 0 Å². The van der Waals surface area contributed by atoms with Gasteiger partial charge in [0, 0.05) is 11.1 Å². The van der Waals surface area contributed by atoms with Crippen molar-refractivity contribution in [1.29, 1.82) is 0 Å². The predicted octanol–water partition coefficient (Wildman–Crippen LogP) is 3.45. The Balaban J connectivity index is 2.21. The van der Waals surface area contributed by atoms with Gasteiger partial charge < -0.3 is 14.6 Å². The maximum atomic E-state index is 12.3. The van der Waals surface area contributed by atoms with Crippen molar-refractivity contribution >= 4 is 23.5 Å². The molecule has 0 unspecified atom stereocenters. The van der Waals surface area contributed by atoms with Gasteiger partial charge in [-0.2, -0.15) is 0 Å². The zero-order valence-electron chi connectivity index (χ0n) is 13.7. The minimum absolute atomic E-state index is 0.0372. The van der Waals surface area contributed by atoms with E-state index < -0.39 is 17.9 Å². The highest BCUT2D eigenvalue weighted by atomic mass is 35.5. The average molecular weight is 351 g/mol. The number of halogens is 1. The van der Waals surface area contributed by atoms with E-state index in [1.165, 1.54) is 6.07 Å². The normalized spacial score (nSPS) is 12.0. The van der Waals surface area contributed by atoms with E-state index in [1.807, 2.05) is 0 Å². The number of aromatic nitrogens is 1. The fourth-order valence-electron chi connectivity index (χ4n) is 2.18. The smallest absolute Gasteiger partial charge is 0.308 e. The van der Waals surface area contributed by atoms with E-state index >= 15 is 0 Å².